The number of aromatic hydroxyl groups is 1. The van der Waals surface area contributed by atoms with Crippen LogP contribution >= 0.6 is 0 Å². The van der Waals surface area contributed by atoms with Crippen LogP contribution in [0.5, 0.6) is 5.75 Å². The highest BCUT2D eigenvalue weighted by molar-refractivity contribution is 5.88. The molecule has 3 rings (SSSR count). The number of phenolic OH excluding ortho intramolecular Hbond substituents is 1. The van der Waals surface area contributed by atoms with E-state index in [1.807, 2.05) is 0 Å². The fraction of sp³-hybridized carbons (Fsp3) is 0.286. The Morgan fingerprint density at radius 1 is 1.14 bits per heavy atom. The largest absolute Gasteiger partial charge is 0.507 e. The number of aryl methyl sites for hydroxylation is 1. The summed E-state index contributed by atoms with van der Waals surface area (Å²) in [5, 5.41) is 10.5. The van der Waals surface area contributed by atoms with Crippen LogP contribution in [0.4, 0.5) is 17.6 Å². The summed E-state index contributed by atoms with van der Waals surface area (Å²) >= 11 is 0. The van der Waals surface area contributed by atoms with E-state index in [1.54, 1.807) is 25.9 Å². The second-order valence-electron chi connectivity index (χ2n) is 6.97. The van der Waals surface area contributed by atoms with Crippen molar-refractivity contribution in [1.82, 2.24) is 4.90 Å². The number of rotatable bonds is 4. The van der Waals surface area contributed by atoms with Gasteiger partial charge < -0.3 is 14.4 Å². The van der Waals surface area contributed by atoms with E-state index in [0.29, 0.717) is 12.0 Å². The third kappa shape index (κ3) is 3.85. The van der Waals surface area contributed by atoms with E-state index in [4.69, 9.17) is 4.42 Å². The van der Waals surface area contributed by atoms with Crippen LogP contribution in [0.3, 0.4) is 0 Å². The molecule has 0 fully saturated rings. The van der Waals surface area contributed by atoms with E-state index in [0.717, 1.165) is 24.3 Å². The monoisotopic (exact) mass is 409 g/mol. The quantitative estimate of drug-likeness (QED) is 0.620. The van der Waals surface area contributed by atoms with Gasteiger partial charge in [0.2, 0.25) is 11.2 Å². The lowest BCUT2D eigenvalue weighted by molar-refractivity contribution is -0.152. The molecule has 1 heterocycles. The molecular formula is C21H19F4NO3. The summed E-state index contributed by atoms with van der Waals surface area (Å²) < 4.78 is 59.8. The van der Waals surface area contributed by atoms with E-state index in [9.17, 15) is 27.5 Å². The number of nitrogens with zero attached hydrogens (tertiary/aromatic N) is 1. The molecule has 0 saturated heterocycles. The number of halogens is 4. The van der Waals surface area contributed by atoms with Crippen molar-refractivity contribution in [3.8, 4) is 16.9 Å². The lowest BCUT2D eigenvalue weighted by Gasteiger charge is -2.18. The highest BCUT2D eigenvalue weighted by atomic mass is 19.4. The van der Waals surface area contributed by atoms with Gasteiger partial charge in [0.1, 0.15) is 17.1 Å². The van der Waals surface area contributed by atoms with Crippen LogP contribution in [0.1, 0.15) is 23.8 Å². The van der Waals surface area contributed by atoms with Crippen LogP contribution in [-0.2, 0) is 19.1 Å². The van der Waals surface area contributed by atoms with Crippen molar-refractivity contribution in [1.29, 1.82) is 0 Å². The maximum absolute atomic E-state index is 13.8. The van der Waals surface area contributed by atoms with Gasteiger partial charge in [-0.1, -0.05) is 19.1 Å². The molecule has 1 N–H and O–H groups in total. The maximum atomic E-state index is 13.8. The van der Waals surface area contributed by atoms with Crippen LogP contribution in [0.15, 0.2) is 39.5 Å². The van der Waals surface area contributed by atoms with Gasteiger partial charge in [-0.2, -0.15) is 13.2 Å². The standard InChI is InChI=1S/C21H19F4NO3/c1-4-11-9-14-18(28)16(12-5-7-13(22)8-6-12)20(21(23,24)25)29-19(14)15(17(11)27)10-26(2)3/h5-9,27H,4,10H2,1-3H3. The Labute approximate surface area is 164 Å². The predicted octanol–water partition coefficient (Wildman–Crippen LogP) is 4.95. The van der Waals surface area contributed by atoms with Crippen LogP contribution < -0.4 is 5.43 Å². The van der Waals surface area contributed by atoms with Crippen molar-refractivity contribution >= 4 is 11.0 Å². The minimum atomic E-state index is -4.97. The Balaban J connectivity index is 2.49. The molecule has 0 atom stereocenters. The Hall–Kier alpha value is -2.87. The predicted molar refractivity (Wildman–Crippen MR) is 101 cm³/mol. The molecule has 0 radical (unpaired) electrons. The second-order valence-corrected chi connectivity index (χ2v) is 6.97. The molecule has 0 bridgehead atoms. The van der Waals surface area contributed by atoms with Crippen LogP contribution in [0, 0.1) is 5.82 Å². The van der Waals surface area contributed by atoms with Crippen molar-refractivity contribution in [3.63, 3.8) is 0 Å². The van der Waals surface area contributed by atoms with Gasteiger partial charge in [0.25, 0.3) is 0 Å². The minimum Gasteiger partial charge on any atom is -0.507 e. The van der Waals surface area contributed by atoms with Gasteiger partial charge in [0.05, 0.1) is 16.5 Å². The molecule has 8 heteroatoms. The summed E-state index contributed by atoms with van der Waals surface area (Å²) in [4.78, 5) is 14.8. The first-order valence-electron chi connectivity index (χ1n) is 8.87. The van der Waals surface area contributed by atoms with E-state index in [2.05, 4.69) is 0 Å². The molecule has 0 saturated carbocycles. The number of hydrogen-bond donors (Lipinski definition) is 1. The molecule has 3 aromatic rings. The normalized spacial score (nSPS) is 12.1. The average Bonchev–Trinajstić information content (AvgIpc) is 2.63. The molecule has 2 aromatic carbocycles. The maximum Gasteiger partial charge on any atom is 0.450 e. The number of hydrogen-bond acceptors (Lipinski definition) is 4. The molecule has 0 aliphatic rings. The third-order valence-electron chi connectivity index (χ3n) is 4.58. The molecule has 0 spiro atoms. The highest BCUT2D eigenvalue weighted by Crippen LogP contribution is 2.40. The van der Waals surface area contributed by atoms with E-state index >= 15 is 0 Å². The first-order chi connectivity index (χ1) is 13.5. The first kappa shape index (κ1) is 20.9. The number of fused-ring (bicyclic) bond motifs is 1. The van der Waals surface area contributed by atoms with Gasteiger partial charge in [0.15, 0.2) is 0 Å². The second kappa shape index (κ2) is 7.51. The summed E-state index contributed by atoms with van der Waals surface area (Å²) in [5.74, 6) is -2.32. The fourth-order valence-corrected chi connectivity index (χ4v) is 3.26. The topological polar surface area (TPSA) is 53.7 Å². The van der Waals surface area contributed by atoms with Crippen molar-refractivity contribution < 1.29 is 27.1 Å². The van der Waals surface area contributed by atoms with Crippen molar-refractivity contribution in [2.24, 2.45) is 0 Å². The zero-order valence-electron chi connectivity index (χ0n) is 16.0. The van der Waals surface area contributed by atoms with Crippen molar-refractivity contribution in [2.75, 3.05) is 14.1 Å². The first-order valence-corrected chi connectivity index (χ1v) is 8.87. The average molecular weight is 409 g/mol. The molecular weight excluding hydrogens is 390 g/mol. The van der Waals surface area contributed by atoms with Gasteiger partial charge in [0, 0.05) is 6.54 Å². The molecule has 0 aliphatic carbocycles. The van der Waals surface area contributed by atoms with Crippen molar-refractivity contribution in [2.45, 2.75) is 26.1 Å². The van der Waals surface area contributed by atoms with Crippen LogP contribution in [0.25, 0.3) is 22.1 Å². The molecule has 0 unspecified atom stereocenters. The fourth-order valence-electron chi connectivity index (χ4n) is 3.26. The number of phenols is 1. The summed E-state index contributed by atoms with van der Waals surface area (Å²) in [6.45, 7) is 1.83. The number of alkyl halides is 3. The van der Waals surface area contributed by atoms with Gasteiger partial charge >= 0.3 is 6.18 Å². The number of benzene rings is 2. The van der Waals surface area contributed by atoms with E-state index < -0.39 is 28.7 Å². The summed E-state index contributed by atoms with van der Waals surface area (Å²) in [7, 11) is 3.36. The SMILES string of the molecule is CCc1cc2c(=O)c(-c3ccc(F)cc3)c(C(F)(F)F)oc2c(CN(C)C)c1O. The summed E-state index contributed by atoms with van der Waals surface area (Å²) in [6.07, 6.45) is -4.60. The summed E-state index contributed by atoms with van der Waals surface area (Å²) in [6, 6.07) is 5.51. The third-order valence-corrected chi connectivity index (χ3v) is 4.58. The van der Waals surface area contributed by atoms with Gasteiger partial charge in [-0.3, -0.25) is 4.79 Å². The van der Waals surface area contributed by atoms with Crippen LogP contribution in [-0.4, -0.2) is 24.1 Å². The Kier molecular flexibility index (Phi) is 5.40. The zero-order valence-corrected chi connectivity index (χ0v) is 16.0. The smallest absolute Gasteiger partial charge is 0.450 e. The van der Waals surface area contributed by atoms with Gasteiger partial charge in [-0.15, -0.1) is 0 Å². The molecule has 0 aliphatic heterocycles. The zero-order chi connectivity index (χ0) is 21.5. The lowest BCUT2D eigenvalue weighted by atomic mass is 9.97. The Morgan fingerprint density at radius 3 is 2.28 bits per heavy atom. The molecule has 0 amide bonds. The lowest BCUT2D eigenvalue weighted by Crippen LogP contribution is -2.18. The minimum absolute atomic E-state index is 0.0659. The van der Waals surface area contributed by atoms with Gasteiger partial charge in [-0.25, -0.2) is 4.39 Å². The Morgan fingerprint density at radius 2 is 1.76 bits per heavy atom. The van der Waals surface area contributed by atoms with E-state index in [1.165, 1.54) is 6.07 Å². The summed E-state index contributed by atoms with van der Waals surface area (Å²) in [5.41, 5.74) is -1.45. The van der Waals surface area contributed by atoms with E-state index in [-0.39, 0.29) is 34.4 Å². The highest BCUT2D eigenvalue weighted by Gasteiger charge is 2.40. The van der Waals surface area contributed by atoms with Crippen molar-refractivity contribution in [3.05, 3.63) is 63.3 Å². The molecule has 4 nitrogen and oxygen atoms in total. The Bertz CT molecular complexity index is 1120. The van der Waals surface area contributed by atoms with Crippen LogP contribution in [0.2, 0.25) is 0 Å². The molecule has 154 valence electrons. The molecule has 1 aromatic heterocycles. The van der Waals surface area contributed by atoms with Gasteiger partial charge in [-0.05, 0) is 49.8 Å². The molecule has 29 heavy (non-hydrogen) atoms.